The highest BCUT2D eigenvalue weighted by Gasteiger charge is 2.13. The fraction of sp³-hybridized carbons (Fsp3) is 1.00. The maximum Gasteiger partial charge on any atom is 0.202 e. The molecule has 19 heavy (non-hydrogen) atoms. The van der Waals surface area contributed by atoms with Crippen molar-refractivity contribution in [1.82, 2.24) is 9.80 Å². The standard InChI is InChI=1S/C12H28N2O2S2.ClH/c1-5-13(6-2)9-11-17-18(15,16)12-10-14(7-3)8-4;/h5-12H2,1-4H3;1H. The zero-order chi connectivity index (χ0) is 14.0. The molecule has 0 aliphatic rings. The van der Waals surface area contributed by atoms with Gasteiger partial charge in [0.2, 0.25) is 8.87 Å². The summed E-state index contributed by atoms with van der Waals surface area (Å²) in [5, 5.41) is 0. The second kappa shape index (κ2) is 12.3. The summed E-state index contributed by atoms with van der Waals surface area (Å²) in [4.78, 5) is 4.38. The number of hydrogen-bond acceptors (Lipinski definition) is 5. The Hall–Kier alpha value is 0.510. The van der Waals surface area contributed by atoms with Gasteiger partial charge in [-0.25, -0.2) is 8.42 Å². The summed E-state index contributed by atoms with van der Waals surface area (Å²) in [7, 11) is -1.86. The van der Waals surface area contributed by atoms with Crippen molar-refractivity contribution in [3.05, 3.63) is 0 Å². The largest absolute Gasteiger partial charge is 0.303 e. The van der Waals surface area contributed by atoms with Gasteiger partial charge in [0.1, 0.15) is 0 Å². The molecule has 0 aliphatic carbocycles. The molecule has 0 radical (unpaired) electrons. The van der Waals surface area contributed by atoms with Gasteiger partial charge in [0, 0.05) is 18.8 Å². The Balaban J connectivity index is 0. The molecule has 0 atom stereocenters. The van der Waals surface area contributed by atoms with E-state index in [9.17, 15) is 8.42 Å². The van der Waals surface area contributed by atoms with Gasteiger partial charge in [-0.2, -0.15) is 0 Å². The van der Waals surface area contributed by atoms with Crippen molar-refractivity contribution in [3.63, 3.8) is 0 Å². The first kappa shape index (κ1) is 21.8. The molecular formula is C12H29ClN2O2S2. The van der Waals surface area contributed by atoms with E-state index in [1.807, 2.05) is 0 Å². The molecule has 118 valence electrons. The van der Waals surface area contributed by atoms with Crippen molar-refractivity contribution >= 4 is 32.1 Å². The zero-order valence-corrected chi connectivity index (χ0v) is 15.0. The Morgan fingerprint density at radius 2 is 1.26 bits per heavy atom. The molecule has 0 aromatic carbocycles. The molecule has 0 rings (SSSR count). The highest BCUT2D eigenvalue weighted by Crippen LogP contribution is 2.13. The number of nitrogens with zero attached hydrogens (tertiary/aromatic N) is 2. The number of rotatable bonds is 11. The molecule has 7 heteroatoms. The topological polar surface area (TPSA) is 40.6 Å². The van der Waals surface area contributed by atoms with E-state index in [0.717, 1.165) is 43.5 Å². The van der Waals surface area contributed by atoms with Crippen LogP contribution >= 0.6 is 23.2 Å². The molecule has 0 aliphatic heterocycles. The maximum atomic E-state index is 11.8. The van der Waals surface area contributed by atoms with Crippen LogP contribution < -0.4 is 0 Å². The second-order valence-corrected chi connectivity index (χ2v) is 8.54. The SMILES string of the molecule is CCN(CC)CCSS(=O)(=O)CCN(CC)CC.Cl. The lowest BCUT2D eigenvalue weighted by atomic mass is 10.5. The molecular weight excluding hydrogens is 304 g/mol. The average molecular weight is 333 g/mol. The first-order valence-corrected chi connectivity index (χ1v) is 9.96. The van der Waals surface area contributed by atoms with Crippen molar-refractivity contribution in [2.75, 3.05) is 50.8 Å². The van der Waals surface area contributed by atoms with Crippen molar-refractivity contribution < 1.29 is 8.42 Å². The molecule has 0 bridgehead atoms. The maximum absolute atomic E-state index is 11.8. The quantitative estimate of drug-likeness (QED) is 0.542. The summed E-state index contributed by atoms with van der Waals surface area (Å²) in [5.74, 6) is 0.930. The lowest BCUT2D eigenvalue weighted by Crippen LogP contribution is -2.29. The fourth-order valence-electron chi connectivity index (χ4n) is 1.67. The molecule has 4 nitrogen and oxygen atoms in total. The van der Waals surface area contributed by atoms with Gasteiger partial charge in [-0.05, 0) is 37.0 Å². The van der Waals surface area contributed by atoms with Crippen LogP contribution in [0.4, 0.5) is 0 Å². The van der Waals surface area contributed by atoms with Crippen molar-refractivity contribution in [3.8, 4) is 0 Å². The van der Waals surface area contributed by atoms with Gasteiger partial charge in [0.05, 0.1) is 5.75 Å². The highest BCUT2D eigenvalue weighted by atomic mass is 35.5. The van der Waals surface area contributed by atoms with Crippen LogP contribution in [0.15, 0.2) is 0 Å². The van der Waals surface area contributed by atoms with Gasteiger partial charge in [0.25, 0.3) is 0 Å². The third-order valence-corrected chi connectivity index (χ3v) is 6.59. The highest BCUT2D eigenvalue weighted by molar-refractivity contribution is 8.72. The van der Waals surface area contributed by atoms with E-state index in [0.29, 0.717) is 12.3 Å². The van der Waals surface area contributed by atoms with Crippen LogP contribution in [0.1, 0.15) is 27.7 Å². The van der Waals surface area contributed by atoms with Crippen molar-refractivity contribution in [2.24, 2.45) is 0 Å². The van der Waals surface area contributed by atoms with Gasteiger partial charge < -0.3 is 9.80 Å². The van der Waals surface area contributed by atoms with Gasteiger partial charge in [-0.15, -0.1) is 12.4 Å². The first-order chi connectivity index (χ1) is 8.49. The van der Waals surface area contributed by atoms with Crippen molar-refractivity contribution in [1.29, 1.82) is 0 Å². The Kier molecular flexibility index (Phi) is 14.1. The van der Waals surface area contributed by atoms with Gasteiger partial charge >= 0.3 is 0 Å². The van der Waals surface area contributed by atoms with Crippen LogP contribution in [-0.2, 0) is 8.87 Å². The third kappa shape index (κ3) is 10.9. The van der Waals surface area contributed by atoms with E-state index >= 15 is 0 Å². The van der Waals surface area contributed by atoms with Crippen LogP contribution in [0.5, 0.6) is 0 Å². The third-order valence-electron chi connectivity index (χ3n) is 3.12. The zero-order valence-electron chi connectivity index (χ0n) is 12.6. The fourth-order valence-corrected chi connectivity index (χ4v) is 4.42. The molecule has 0 fully saturated rings. The predicted molar refractivity (Wildman–Crippen MR) is 89.1 cm³/mol. The smallest absolute Gasteiger partial charge is 0.202 e. The molecule has 0 saturated heterocycles. The van der Waals surface area contributed by atoms with Gasteiger partial charge in [-0.3, -0.25) is 0 Å². The Labute approximate surface area is 129 Å². The number of hydrogen-bond donors (Lipinski definition) is 0. The first-order valence-electron chi connectivity index (χ1n) is 6.80. The molecule has 0 saturated carbocycles. The normalized spacial score (nSPS) is 11.9. The molecule has 0 N–H and O–H groups in total. The molecule has 0 aromatic heterocycles. The Morgan fingerprint density at radius 3 is 1.68 bits per heavy atom. The molecule has 0 aromatic rings. The van der Waals surface area contributed by atoms with E-state index in [4.69, 9.17) is 0 Å². The van der Waals surface area contributed by atoms with E-state index in [1.54, 1.807) is 0 Å². The Morgan fingerprint density at radius 1 is 0.842 bits per heavy atom. The minimum absolute atomic E-state index is 0. The summed E-state index contributed by atoms with van der Waals surface area (Å²) in [5.41, 5.74) is 0. The summed E-state index contributed by atoms with van der Waals surface area (Å²) in [6.45, 7) is 13.6. The van der Waals surface area contributed by atoms with E-state index in [1.165, 1.54) is 0 Å². The molecule has 0 amide bonds. The summed E-state index contributed by atoms with van der Waals surface area (Å²) >= 11 is 0. The summed E-state index contributed by atoms with van der Waals surface area (Å²) < 4.78 is 23.7. The summed E-state index contributed by atoms with van der Waals surface area (Å²) in [6.07, 6.45) is 0. The van der Waals surface area contributed by atoms with Crippen LogP contribution in [0.3, 0.4) is 0 Å². The van der Waals surface area contributed by atoms with E-state index < -0.39 is 8.87 Å². The van der Waals surface area contributed by atoms with Crippen LogP contribution in [0.25, 0.3) is 0 Å². The van der Waals surface area contributed by atoms with Crippen molar-refractivity contribution in [2.45, 2.75) is 27.7 Å². The second-order valence-electron chi connectivity index (χ2n) is 4.14. The van der Waals surface area contributed by atoms with Crippen LogP contribution in [-0.4, -0.2) is 69.0 Å². The van der Waals surface area contributed by atoms with E-state index in [2.05, 4.69) is 37.5 Å². The lowest BCUT2D eigenvalue weighted by Gasteiger charge is -2.19. The van der Waals surface area contributed by atoms with Gasteiger partial charge in [0.15, 0.2) is 0 Å². The minimum Gasteiger partial charge on any atom is -0.303 e. The number of halogens is 1. The summed E-state index contributed by atoms with van der Waals surface area (Å²) in [6, 6.07) is 0. The van der Waals surface area contributed by atoms with Gasteiger partial charge in [-0.1, -0.05) is 27.7 Å². The molecule has 0 unspecified atom stereocenters. The Bertz CT molecular complexity index is 292. The lowest BCUT2D eigenvalue weighted by molar-refractivity contribution is 0.322. The predicted octanol–water partition coefficient (Wildman–Crippen LogP) is 2.15. The molecule has 0 spiro atoms. The average Bonchev–Trinajstić information content (AvgIpc) is 2.36. The molecule has 0 heterocycles. The van der Waals surface area contributed by atoms with E-state index in [-0.39, 0.29) is 18.2 Å². The minimum atomic E-state index is -2.96. The monoisotopic (exact) mass is 332 g/mol. The van der Waals surface area contributed by atoms with Crippen LogP contribution in [0, 0.1) is 0 Å². The van der Waals surface area contributed by atoms with Crippen LogP contribution in [0.2, 0.25) is 0 Å².